The third-order valence-corrected chi connectivity index (χ3v) is 5.66. The van der Waals surface area contributed by atoms with Crippen molar-refractivity contribution in [2.45, 2.75) is 13.3 Å². The molecule has 8 heteroatoms. The first-order valence-electron chi connectivity index (χ1n) is 11.2. The molecule has 0 bridgehead atoms. The number of amides is 1. The van der Waals surface area contributed by atoms with Gasteiger partial charge >= 0.3 is 5.97 Å². The molecule has 33 heavy (non-hydrogen) atoms. The summed E-state index contributed by atoms with van der Waals surface area (Å²) in [4.78, 5) is 33.6. The number of nitrogens with one attached hydrogen (secondary N) is 1. The van der Waals surface area contributed by atoms with Crippen molar-refractivity contribution in [3.63, 3.8) is 0 Å². The molecule has 2 N–H and O–H groups in total. The van der Waals surface area contributed by atoms with Crippen molar-refractivity contribution in [3.8, 4) is 5.75 Å². The average Bonchev–Trinajstić information content (AvgIpc) is 2.83. The number of aromatic carboxylic acids is 1. The maximum absolute atomic E-state index is 12.3. The van der Waals surface area contributed by atoms with Crippen molar-refractivity contribution in [2.75, 3.05) is 49.5 Å². The van der Waals surface area contributed by atoms with Crippen LogP contribution in [-0.2, 0) is 4.79 Å². The van der Waals surface area contributed by atoms with E-state index in [1.54, 1.807) is 36.4 Å². The first-order chi connectivity index (χ1) is 16.0. The number of carbonyl (C=O) groups is 2. The van der Waals surface area contributed by atoms with Gasteiger partial charge in [-0.2, -0.15) is 0 Å². The number of para-hydroxylation sites is 1. The lowest BCUT2D eigenvalue weighted by Crippen LogP contribution is -2.46. The highest BCUT2D eigenvalue weighted by molar-refractivity contribution is 6.05. The van der Waals surface area contributed by atoms with E-state index in [9.17, 15) is 14.7 Å². The molecular formula is C25H28N4O4. The Morgan fingerprint density at radius 1 is 1.06 bits per heavy atom. The van der Waals surface area contributed by atoms with Gasteiger partial charge in [0.15, 0.2) is 6.61 Å². The zero-order valence-corrected chi connectivity index (χ0v) is 18.7. The minimum Gasteiger partial charge on any atom is -0.484 e. The van der Waals surface area contributed by atoms with E-state index in [2.05, 4.69) is 22.0 Å². The number of hydrogen-bond acceptors (Lipinski definition) is 6. The molecule has 1 aromatic heterocycles. The molecule has 0 unspecified atom stereocenters. The zero-order chi connectivity index (χ0) is 23.2. The Hall–Kier alpha value is -3.65. The predicted molar refractivity (Wildman–Crippen MR) is 128 cm³/mol. The third kappa shape index (κ3) is 5.59. The molecule has 4 rings (SSSR count). The van der Waals surface area contributed by atoms with Crippen LogP contribution in [0.4, 0.5) is 11.5 Å². The number of carbonyl (C=O) groups excluding carboxylic acids is 1. The highest BCUT2D eigenvalue weighted by atomic mass is 16.5. The topological polar surface area (TPSA) is 95.0 Å². The van der Waals surface area contributed by atoms with E-state index >= 15 is 0 Å². The number of aromatic nitrogens is 1. The first-order valence-corrected chi connectivity index (χ1v) is 11.2. The number of nitrogens with zero attached hydrogens (tertiary/aromatic N) is 3. The van der Waals surface area contributed by atoms with Crippen molar-refractivity contribution in [3.05, 3.63) is 60.2 Å². The standard InChI is InChI=1S/C25H28N4O4/c1-2-10-28-11-13-29(14-12-28)23-16-21(25(31)32)20-15-18(8-9-22(20)27-23)26-24(30)17-33-19-6-4-3-5-7-19/h3-9,15-16H,2,10-14,17H2,1H3,(H,26,30)(H,31,32). The molecule has 0 saturated carbocycles. The fraction of sp³-hybridized carbons (Fsp3) is 0.320. The Morgan fingerprint density at radius 3 is 2.52 bits per heavy atom. The summed E-state index contributed by atoms with van der Waals surface area (Å²) in [6, 6.07) is 15.8. The highest BCUT2D eigenvalue weighted by Gasteiger charge is 2.20. The van der Waals surface area contributed by atoms with Gasteiger partial charge in [0.2, 0.25) is 0 Å². The summed E-state index contributed by atoms with van der Waals surface area (Å²) in [7, 11) is 0. The molecule has 0 radical (unpaired) electrons. The second-order valence-electron chi connectivity index (χ2n) is 8.04. The smallest absolute Gasteiger partial charge is 0.336 e. The molecule has 1 amide bonds. The third-order valence-electron chi connectivity index (χ3n) is 5.66. The van der Waals surface area contributed by atoms with E-state index in [-0.39, 0.29) is 18.1 Å². The van der Waals surface area contributed by atoms with E-state index in [0.29, 0.717) is 28.2 Å². The summed E-state index contributed by atoms with van der Waals surface area (Å²) in [6.07, 6.45) is 1.12. The second kappa shape index (κ2) is 10.3. The summed E-state index contributed by atoms with van der Waals surface area (Å²) in [5.41, 5.74) is 1.25. The monoisotopic (exact) mass is 448 g/mol. The van der Waals surface area contributed by atoms with Gasteiger partial charge in [0, 0.05) is 37.3 Å². The van der Waals surface area contributed by atoms with Gasteiger partial charge in [0.25, 0.3) is 5.91 Å². The molecule has 3 aromatic rings. The van der Waals surface area contributed by atoms with E-state index in [4.69, 9.17) is 9.72 Å². The van der Waals surface area contributed by atoms with Gasteiger partial charge in [-0.15, -0.1) is 0 Å². The van der Waals surface area contributed by atoms with Crippen LogP contribution in [0.25, 0.3) is 10.9 Å². The Kier molecular flexibility index (Phi) is 7.04. The molecule has 1 aliphatic heterocycles. The summed E-state index contributed by atoms with van der Waals surface area (Å²) >= 11 is 0. The van der Waals surface area contributed by atoms with Gasteiger partial charge in [-0.25, -0.2) is 9.78 Å². The fourth-order valence-corrected chi connectivity index (χ4v) is 4.01. The van der Waals surface area contributed by atoms with Gasteiger partial charge in [0.05, 0.1) is 11.1 Å². The number of piperazine rings is 1. The molecule has 2 aromatic carbocycles. The molecule has 2 heterocycles. The van der Waals surface area contributed by atoms with Crippen LogP contribution >= 0.6 is 0 Å². The Bertz CT molecular complexity index is 1130. The number of carboxylic acids is 1. The van der Waals surface area contributed by atoms with E-state index in [0.717, 1.165) is 39.1 Å². The average molecular weight is 449 g/mol. The number of pyridine rings is 1. The maximum atomic E-state index is 12.3. The van der Waals surface area contributed by atoms with Crippen LogP contribution in [0.15, 0.2) is 54.6 Å². The number of hydrogen-bond donors (Lipinski definition) is 2. The largest absolute Gasteiger partial charge is 0.484 e. The van der Waals surface area contributed by atoms with Crippen LogP contribution in [0.5, 0.6) is 5.75 Å². The zero-order valence-electron chi connectivity index (χ0n) is 18.7. The highest BCUT2D eigenvalue weighted by Crippen LogP contribution is 2.27. The maximum Gasteiger partial charge on any atom is 0.336 e. The normalized spacial score (nSPS) is 14.3. The first kappa shape index (κ1) is 22.5. The molecule has 1 aliphatic rings. The summed E-state index contributed by atoms with van der Waals surface area (Å²) in [6.45, 7) is 6.60. The lowest BCUT2D eigenvalue weighted by molar-refractivity contribution is -0.118. The van der Waals surface area contributed by atoms with E-state index in [1.165, 1.54) is 0 Å². The molecule has 0 atom stereocenters. The van der Waals surface area contributed by atoms with Crippen molar-refractivity contribution >= 4 is 34.3 Å². The van der Waals surface area contributed by atoms with Gasteiger partial charge < -0.3 is 20.1 Å². The van der Waals surface area contributed by atoms with E-state index in [1.807, 2.05) is 18.2 Å². The minimum absolute atomic E-state index is 0.144. The second-order valence-corrected chi connectivity index (χ2v) is 8.04. The van der Waals surface area contributed by atoms with E-state index < -0.39 is 5.97 Å². The molecule has 0 spiro atoms. The Morgan fingerprint density at radius 2 is 1.82 bits per heavy atom. The number of fused-ring (bicyclic) bond motifs is 1. The summed E-state index contributed by atoms with van der Waals surface area (Å²) in [5.74, 6) is -0.0792. The van der Waals surface area contributed by atoms with Crippen molar-refractivity contribution < 1.29 is 19.4 Å². The summed E-state index contributed by atoms with van der Waals surface area (Å²) < 4.78 is 5.47. The van der Waals surface area contributed by atoms with Gasteiger partial charge in [-0.1, -0.05) is 25.1 Å². The quantitative estimate of drug-likeness (QED) is 0.545. The van der Waals surface area contributed by atoms with Crippen LogP contribution in [0, 0.1) is 0 Å². The van der Waals surface area contributed by atoms with Crippen molar-refractivity contribution in [1.29, 1.82) is 0 Å². The number of carboxylic acid groups (broad SMARTS) is 1. The minimum atomic E-state index is -1.02. The number of benzene rings is 2. The van der Waals surface area contributed by atoms with Crippen LogP contribution < -0.4 is 15.0 Å². The van der Waals surface area contributed by atoms with Gasteiger partial charge in [0.1, 0.15) is 11.6 Å². The molecule has 0 aliphatic carbocycles. The van der Waals surface area contributed by atoms with Crippen molar-refractivity contribution in [2.24, 2.45) is 0 Å². The van der Waals surface area contributed by atoms with Gasteiger partial charge in [-0.05, 0) is 49.4 Å². The van der Waals surface area contributed by atoms with Crippen LogP contribution in [-0.4, -0.2) is 66.2 Å². The SMILES string of the molecule is CCCN1CCN(c2cc(C(=O)O)c3cc(NC(=O)COc4ccccc4)ccc3n2)CC1. The molecule has 1 fully saturated rings. The van der Waals surface area contributed by atoms with Crippen LogP contribution in [0.3, 0.4) is 0 Å². The molecule has 1 saturated heterocycles. The Labute approximate surface area is 192 Å². The molecular weight excluding hydrogens is 420 g/mol. The number of ether oxygens (including phenoxy) is 1. The predicted octanol–water partition coefficient (Wildman–Crippen LogP) is 3.48. The lowest BCUT2D eigenvalue weighted by atomic mass is 10.1. The Balaban J connectivity index is 1.50. The number of anilines is 2. The molecule has 8 nitrogen and oxygen atoms in total. The number of rotatable bonds is 8. The summed E-state index contributed by atoms with van der Waals surface area (Å²) in [5, 5.41) is 13.1. The van der Waals surface area contributed by atoms with Gasteiger partial charge in [-0.3, -0.25) is 9.69 Å². The van der Waals surface area contributed by atoms with Crippen LogP contribution in [0.1, 0.15) is 23.7 Å². The van der Waals surface area contributed by atoms with Crippen LogP contribution in [0.2, 0.25) is 0 Å². The lowest BCUT2D eigenvalue weighted by Gasteiger charge is -2.35. The van der Waals surface area contributed by atoms with Crippen molar-refractivity contribution in [1.82, 2.24) is 9.88 Å². The fourth-order valence-electron chi connectivity index (χ4n) is 4.01. The molecule has 172 valence electrons.